The number of amides is 1. The third-order valence-electron chi connectivity index (χ3n) is 2.33. The maximum atomic E-state index is 11.1. The van der Waals surface area contributed by atoms with Gasteiger partial charge in [-0.05, 0) is 6.92 Å². The number of hydrogen-bond donors (Lipinski definition) is 2. The number of nitrogen functional groups attached to an aromatic ring is 1. The number of hydrogen-bond acceptors (Lipinski definition) is 5. The first-order chi connectivity index (χ1) is 8.60. The van der Waals surface area contributed by atoms with Gasteiger partial charge >= 0.3 is 0 Å². The zero-order valence-corrected chi connectivity index (χ0v) is 9.83. The predicted octanol–water partition coefficient (Wildman–Crippen LogP) is 0.771. The molecule has 0 unspecified atom stereocenters. The second kappa shape index (κ2) is 4.74. The Balaban J connectivity index is 2.24. The van der Waals surface area contributed by atoms with Crippen molar-refractivity contribution in [3.05, 3.63) is 30.2 Å². The Morgan fingerprint density at radius 1 is 1.50 bits per heavy atom. The summed E-state index contributed by atoms with van der Waals surface area (Å²) in [5, 5.41) is 4.05. The summed E-state index contributed by atoms with van der Waals surface area (Å²) >= 11 is 0. The molecule has 4 N–H and O–H groups in total. The summed E-state index contributed by atoms with van der Waals surface area (Å²) in [6.45, 7) is 2.70. The van der Waals surface area contributed by atoms with Crippen molar-refractivity contribution in [2.75, 3.05) is 5.73 Å². The SMILES string of the molecule is CCn1cc(Oc2cc(C(N)=O)c(N)cn2)cn1. The highest BCUT2D eigenvalue weighted by atomic mass is 16.5. The number of ether oxygens (including phenoxy) is 1. The molecule has 7 nitrogen and oxygen atoms in total. The van der Waals surface area contributed by atoms with Gasteiger partial charge in [0.05, 0.1) is 29.8 Å². The van der Waals surface area contributed by atoms with E-state index in [-0.39, 0.29) is 17.1 Å². The molecule has 0 radical (unpaired) electrons. The predicted molar refractivity (Wildman–Crippen MR) is 65.1 cm³/mol. The number of carbonyl (C=O) groups is 1. The summed E-state index contributed by atoms with van der Waals surface area (Å²) in [5.74, 6) is 0.155. The van der Waals surface area contributed by atoms with Crippen LogP contribution in [0.2, 0.25) is 0 Å². The Kier molecular flexibility index (Phi) is 3.13. The molecule has 2 aromatic heterocycles. The Morgan fingerprint density at radius 2 is 2.28 bits per heavy atom. The average molecular weight is 247 g/mol. The number of nitrogens with zero attached hydrogens (tertiary/aromatic N) is 3. The van der Waals surface area contributed by atoms with Crippen LogP contribution < -0.4 is 16.2 Å². The summed E-state index contributed by atoms with van der Waals surface area (Å²) in [6, 6.07) is 1.40. The van der Waals surface area contributed by atoms with E-state index in [1.807, 2.05) is 6.92 Å². The first-order valence-electron chi connectivity index (χ1n) is 5.35. The molecule has 0 fully saturated rings. The lowest BCUT2D eigenvalue weighted by molar-refractivity contribution is 0.100. The first kappa shape index (κ1) is 11.9. The highest BCUT2D eigenvalue weighted by Gasteiger charge is 2.09. The molecule has 0 bridgehead atoms. The second-order valence-electron chi connectivity index (χ2n) is 3.61. The minimum Gasteiger partial charge on any atom is -0.436 e. The van der Waals surface area contributed by atoms with Gasteiger partial charge < -0.3 is 16.2 Å². The van der Waals surface area contributed by atoms with E-state index in [0.29, 0.717) is 5.75 Å². The molecule has 94 valence electrons. The van der Waals surface area contributed by atoms with Crippen LogP contribution in [0.5, 0.6) is 11.6 Å². The monoisotopic (exact) mass is 247 g/mol. The number of aromatic nitrogens is 3. The maximum absolute atomic E-state index is 11.1. The topological polar surface area (TPSA) is 109 Å². The van der Waals surface area contributed by atoms with Crippen LogP contribution in [0.25, 0.3) is 0 Å². The standard InChI is InChI=1S/C11H13N5O2/c1-2-16-6-7(4-15-16)18-10-3-8(11(13)17)9(12)5-14-10/h3-6H,2,12H2,1H3,(H2,13,17). The van der Waals surface area contributed by atoms with E-state index < -0.39 is 5.91 Å². The van der Waals surface area contributed by atoms with E-state index in [4.69, 9.17) is 16.2 Å². The fraction of sp³-hybridized carbons (Fsp3) is 0.182. The summed E-state index contributed by atoms with van der Waals surface area (Å²) in [7, 11) is 0. The van der Waals surface area contributed by atoms with Gasteiger partial charge in [-0.3, -0.25) is 9.48 Å². The minimum atomic E-state index is -0.621. The fourth-order valence-corrected chi connectivity index (χ4v) is 1.41. The third kappa shape index (κ3) is 2.40. The van der Waals surface area contributed by atoms with E-state index in [1.54, 1.807) is 17.1 Å². The van der Waals surface area contributed by atoms with Crippen molar-refractivity contribution in [2.45, 2.75) is 13.5 Å². The number of nitrogens with two attached hydrogens (primary N) is 2. The zero-order valence-electron chi connectivity index (χ0n) is 9.83. The molecule has 0 aliphatic rings. The molecule has 18 heavy (non-hydrogen) atoms. The van der Waals surface area contributed by atoms with Gasteiger partial charge in [0.2, 0.25) is 5.88 Å². The van der Waals surface area contributed by atoms with Crippen LogP contribution in [0.3, 0.4) is 0 Å². The van der Waals surface area contributed by atoms with Crippen LogP contribution in [0.15, 0.2) is 24.7 Å². The zero-order chi connectivity index (χ0) is 13.1. The molecule has 0 spiro atoms. The molecular formula is C11H13N5O2. The summed E-state index contributed by atoms with van der Waals surface area (Å²) < 4.78 is 7.16. The van der Waals surface area contributed by atoms with Crippen molar-refractivity contribution < 1.29 is 9.53 Å². The molecular weight excluding hydrogens is 234 g/mol. The van der Waals surface area contributed by atoms with Crippen LogP contribution in [0.1, 0.15) is 17.3 Å². The average Bonchev–Trinajstić information content (AvgIpc) is 2.79. The van der Waals surface area contributed by atoms with Gasteiger partial charge in [-0.1, -0.05) is 0 Å². The molecule has 0 aromatic carbocycles. The molecule has 0 atom stereocenters. The molecule has 0 aliphatic heterocycles. The van der Waals surface area contributed by atoms with Gasteiger partial charge in [-0.25, -0.2) is 4.98 Å². The molecule has 0 saturated carbocycles. The minimum absolute atomic E-state index is 0.183. The van der Waals surface area contributed by atoms with Gasteiger partial charge in [0.15, 0.2) is 5.75 Å². The Morgan fingerprint density at radius 3 is 2.89 bits per heavy atom. The van der Waals surface area contributed by atoms with E-state index in [9.17, 15) is 4.79 Å². The maximum Gasteiger partial charge on any atom is 0.251 e. The van der Waals surface area contributed by atoms with E-state index in [0.717, 1.165) is 6.54 Å². The fourth-order valence-electron chi connectivity index (χ4n) is 1.41. The van der Waals surface area contributed by atoms with Crippen molar-refractivity contribution >= 4 is 11.6 Å². The van der Waals surface area contributed by atoms with Crippen molar-refractivity contribution in [3.63, 3.8) is 0 Å². The molecule has 0 saturated heterocycles. The highest BCUT2D eigenvalue weighted by molar-refractivity contribution is 5.98. The normalized spacial score (nSPS) is 10.3. The molecule has 7 heteroatoms. The third-order valence-corrected chi connectivity index (χ3v) is 2.33. The summed E-state index contributed by atoms with van der Waals surface area (Å²) in [5.41, 5.74) is 11.2. The molecule has 1 amide bonds. The van der Waals surface area contributed by atoms with Crippen LogP contribution in [-0.4, -0.2) is 20.7 Å². The van der Waals surface area contributed by atoms with Crippen LogP contribution in [0, 0.1) is 0 Å². The number of primary amides is 1. The highest BCUT2D eigenvalue weighted by Crippen LogP contribution is 2.21. The largest absolute Gasteiger partial charge is 0.436 e. The number of anilines is 1. The van der Waals surface area contributed by atoms with Gasteiger partial charge in [0, 0.05) is 12.6 Å². The van der Waals surface area contributed by atoms with E-state index >= 15 is 0 Å². The first-order valence-corrected chi connectivity index (χ1v) is 5.35. The lowest BCUT2D eigenvalue weighted by Crippen LogP contribution is -2.13. The van der Waals surface area contributed by atoms with Gasteiger partial charge in [-0.15, -0.1) is 0 Å². The van der Waals surface area contributed by atoms with Crippen molar-refractivity contribution in [3.8, 4) is 11.6 Å². The van der Waals surface area contributed by atoms with Crippen molar-refractivity contribution in [1.82, 2.24) is 14.8 Å². The molecule has 2 rings (SSSR count). The Hall–Kier alpha value is -2.57. The number of pyridine rings is 1. The number of rotatable bonds is 4. The van der Waals surface area contributed by atoms with Crippen LogP contribution in [0.4, 0.5) is 5.69 Å². The number of carbonyl (C=O) groups excluding carboxylic acids is 1. The number of aryl methyl sites for hydroxylation is 1. The summed E-state index contributed by atoms with van der Waals surface area (Å²) in [4.78, 5) is 15.1. The van der Waals surface area contributed by atoms with Gasteiger partial charge in [0.1, 0.15) is 0 Å². The van der Waals surface area contributed by atoms with Gasteiger partial charge in [-0.2, -0.15) is 5.10 Å². The van der Waals surface area contributed by atoms with Crippen LogP contribution in [-0.2, 0) is 6.54 Å². The van der Waals surface area contributed by atoms with Crippen molar-refractivity contribution in [2.24, 2.45) is 5.73 Å². The molecule has 2 heterocycles. The molecule has 0 aliphatic carbocycles. The van der Waals surface area contributed by atoms with Crippen LogP contribution >= 0.6 is 0 Å². The quantitative estimate of drug-likeness (QED) is 0.829. The van der Waals surface area contributed by atoms with E-state index in [2.05, 4.69) is 10.1 Å². The Labute approximate surface area is 103 Å². The Bertz CT molecular complexity index is 579. The second-order valence-corrected chi connectivity index (χ2v) is 3.61. The lowest BCUT2D eigenvalue weighted by Gasteiger charge is -2.05. The smallest absolute Gasteiger partial charge is 0.251 e. The van der Waals surface area contributed by atoms with Gasteiger partial charge in [0.25, 0.3) is 5.91 Å². The lowest BCUT2D eigenvalue weighted by atomic mass is 10.2. The molecule has 2 aromatic rings. The van der Waals surface area contributed by atoms with Crippen molar-refractivity contribution in [1.29, 1.82) is 0 Å². The van der Waals surface area contributed by atoms with E-state index in [1.165, 1.54) is 12.3 Å². The summed E-state index contributed by atoms with van der Waals surface area (Å²) in [6.07, 6.45) is 4.62.